The molecule has 2 nitrogen and oxygen atoms in total. The summed E-state index contributed by atoms with van der Waals surface area (Å²) in [5.41, 5.74) is 2.45. The zero-order chi connectivity index (χ0) is 14.8. The van der Waals surface area contributed by atoms with Crippen LogP contribution < -0.4 is 0 Å². The fraction of sp³-hybridized carbons (Fsp3) is 0.294. The maximum absolute atomic E-state index is 9.96. The summed E-state index contributed by atoms with van der Waals surface area (Å²) in [5, 5.41) is 10.7. The third-order valence-electron chi connectivity index (χ3n) is 3.82. The summed E-state index contributed by atoms with van der Waals surface area (Å²) in [7, 11) is 2.14. The molecular formula is C17H18ClNOS. The summed E-state index contributed by atoms with van der Waals surface area (Å²) in [5.74, 6) is 0.179. The number of benzene rings is 2. The lowest BCUT2D eigenvalue weighted by molar-refractivity contribution is 0.350. The Balaban J connectivity index is 1.97. The summed E-state index contributed by atoms with van der Waals surface area (Å²) in [6.45, 7) is 1.98. The number of hydrogen-bond acceptors (Lipinski definition) is 3. The highest BCUT2D eigenvalue weighted by atomic mass is 35.5. The Labute approximate surface area is 134 Å². The molecule has 0 aliphatic carbocycles. The van der Waals surface area contributed by atoms with Crippen molar-refractivity contribution in [2.24, 2.45) is 0 Å². The molecule has 1 N–H and O–H groups in total. The van der Waals surface area contributed by atoms with Crippen molar-refractivity contribution in [2.45, 2.75) is 16.6 Å². The fourth-order valence-corrected chi connectivity index (χ4v) is 4.19. The van der Waals surface area contributed by atoms with E-state index in [2.05, 4.69) is 36.2 Å². The lowest BCUT2D eigenvalue weighted by Crippen LogP contribution is -2.22. The molecule has 1 heterocycles. The van der Waals surface area contributed by atoms with Gasteiger partial charge in [0.1, 0.15) is 5.75 Å². The van der Waals surface area contributed by atoms with Gasteiger partial charge < -0.3 is 10.0 Å². The molecule has 1 atom stereocenters. The topological polar surface area (TPSA) is 23.5 Å². The largest absolute Gasteiger partial charge is 0.506 e. The molecule has 4 heteroatoms. The molecule has 21 heavy (non-hydrogen) atoms. The van der Waals surface area contributed by atoms with E-state index in [0.29, 0.717) is 10.3 Å². The number of phenols is 1. The molecule has 0 amide bonds. The number of thioether (sulfide) groups is 1. The second kappa shape index (κ2) is 6.30. The number of phenolic OH excluding ortho intramolecular Hbond substituents is 1. The van der Waals surface area contributed by atoms with Crippen LogP contribution in [0.1, 0.15) is 16.4 Å². The molecule has 110 valence electrons. The number of halogens is 1. The molecule has 1 aliphatic heterocycles. The summed E-state index contributed by atoms with van der Waals surface area (Å²) in [6, 6.07) is 14.2. The molecule has 1 aliphatic rings. The van der Waals surface area contributed by atoms with Crippen molar-refractivity contribution in [2.75, 3.05) is 20.1 Å². The number of rotatable bonds is 2. The monoisotopic (exact) mass is 319 g/mol. The lowest BCUT2D eigenvalue weighted by atomic mass is 10.0. The van der Waals surface area contributed by atoms with Gasteiger partial charge in [-0.05, 0) is 48.9 Å². The molecule has 0 bridgehead atoms. The number of hydrogen-bond donors (Lipinski definition) is 1. The van der Waals surface area contributed by atoms with Crippen LogP contribution in [0, 0.1) is 0 Å². The SMILES string of the molecule is CN1CCc2cc(Cl)c(O)cc2C(Sc2ccccc2)C1. The van der Waals surface area contributed by atoms with Gasteiger partial charge in [-0.15, -0.1) is 11.8 Å². The highest BCUT2D eigenvalue weighted by Crippen LogP contribution is 2.41. The molecule has 0 fully saturated rings. The first-order valence-corrected chi connectivity index (χ1v) is 8.31. The minimum atomic E-state index is 0.179. The van der Waals surface area contributed by atoms with Crippen molar-refractivity contribution in [1.29, 1.82) is 0 Å². The number of fused-ring (bicyclic) bond motifs is 1. The van der Waals surface area contributed by atoms with E-state index in [1.54, 1.807) is 0 Å². The number of likely N-dealkylation sites (N-methyl/N-ethyl adjacent to an activating group) is 1. The first-order chi connectivity index (χ1) is 10.1. The zero-order valence-electron chi connectivity index (χ0n) is 11.9. The minimum absolute atomic E-state index is 0.179. The van der Waals surface area contributed by atoms with Crippen LogP contribution in [-0.4, -0.2) is 30.1 Å². The highest BCUT2D eigenvalue weighted by molar-refractivity contribution is 7.99. The molecule has 3 rings (SSSR count). The van der Waals surface area contributed by atoms with Crippen LogP contribution in [0.2, 0.25) is 5.02 Å². The average Bonchev–Trinajstić information content (AvgIpc) is 2.61. The maximum Gasteiger partial charge on any atom is 0.134 e. The molecule has 0 radical (unpaired) electrons. The summed E-state index contributed by atoms with van der Waals surface area (Å²) >= 11 is 7.92. The summed E-state index contributed by atoms with van der Waals surface area (Å²) in [6.07, 6.45) is 0.970. The van der Waals surface area contributed by atoms with Crippen molar-refractivity contribution in [1.82, 2.24) is 4.90 Å². The van der Waals surface area contributed by atoms with Crippen LogP contribution in [-0.2, 0) is 6.42 Å². The van der Waals surface area contributed by atoms with Gasteiger partial charge in [0.05, 0.1) is 5.02 Å². The van der Waals surface area contributed by atoms with Gasteiger partial charge in [-0.3, -0.25) is 0 Å². The average molecular weight is 320 g/mol. The van der Waals surface area contributed by atoms with Gasteiger partial charge in [0.25, 0.3) is 0 Å². The molecule has 0 saturated carbocycles. The molecule has 0 aromatic heterocycles. The predicted molar refractivity (Wildman–Crippen MR) is 89.4 cm³/mol. The minimum Gasteiger partial charge on any atom is -0.506 e. The molecule has 2 aromatic rings. The van der Waals surface area contributed by atoms with Gasteiger partial charge >= 0.3 is 0 Å². The van der Waals surface area contributed by atoms with Crippen molar-refractivity contribution in [3.8, 4) is 5.75 Å². The normalized spacial score (nSPS) is 19.0. The van der Waals surface area contributed by atoms with Crippen LogP contribution in [0.25, 0.3) is 0 Å². The van der Waals surface area contributed by atoms with Crippen LogP contribution in [0.4, 0.5) is 0 Å². The van der Waals surface area contributed by atoms with Crippen LogP contribution >= 0.6 is 23.4 Å². The van der Waals surface area contributed by atoms with Gasteiger partial charge in [-0.1, -0.05) is 29.8 Å². The van der Waals surface area contributed by atoms with E-state index >= 15 is 0 Å². The standard InChI is InChI=1S/C17H18ClNOS/c1-19-8-7-12-9-15(18)16(20)10-14(12)17(11-19)21-13-5-3-2-4-6-13/h2-6,9-10,17,20H,7-8,11H2,1H3. The molecule has 0 saturated heterocycles. The van der Waals surface area contributed by atoms with Crippen molar-refractivity contribution in [3.63, 3.8) is 0 Å². The zero-order valence-corrected chi connectivity index (χ0v) is 13.5. The smallest absolute Gasteiger partial charge is 0.134 e. The number of nitrogens with zero attached hydrogens (tertiary/aromatic N) is 1. The van der Waals surface area contributed by atoms with E-state index in [1.165, 1.54) is 16.0 Å². The maximum atomic E-state index is 9.96. The van der Waals surface area contributed by atoms with Crippen molar-refractivity contribution in [3.05, 3.63) is 58.6 Å². The quantitative estimate of drug-likeness (QED) is 0.889. The van der Waals surface area contributed by atoms with E-state index in [0.717, 1.165) is 19.5 Å². The van der Waals surface area contributed by atoms with Crippen LogP contribution in [0.3, 0.4) is 0 Å². The Morgan fingerprint density at radius 1 is 1.24 bits per heavy atom. The van der Waals surface area contributed by atoms with Gasteiger partial charge in [-0.25, -0.2) is 0 Å². The molecule has 2 aromatic carbocycles. The Morgan fingerprint density at radius 3 is 2.76 bits per heavy atom. The van der Waals surface area contributed by atoms with Crippen LogP contribution in [0.15, 0.2) is 47.4 Å². The van der Waals surface area contributed by atoms with E-state index in [1.807, 2.05) is 30.0 Å². The highest BCUT2D eigenvalue weighted by Gasteiger charge is 2.23. The third-order valence-corrected chi connectivity index (χ3v) is 5.35. The Kier molecular flexibility index (Phi) is 4.43. The lowest BCUT2D eigenvalue weighted by Gasteiger charge is -2.21. The predicted octanol–water partition coefficient (Wildman–Crippen LogP) is 4.37. The first-order valence-electron chi connectivity index (χ1n) is 7.05. The van der Waals surface area contributed by atoms with E-state index < -0.39 is 0 Å². The number of aromatic hydroxyl groups is 1. The van der Waals surface area contributed by atoms with Crippen LogP contribution in [0.5, 0.6) is 5.75 Å². The van der Waals surface area contributed by atoms with E-state index in [-0.39, 0.29) is 5.75 Å². The summed E-state index contributed by atoms with van der Waals surface area (Å²) < 4.78 is 0. The fourth-order valence-electron chi connectivity index (χ4n) is 2.68. The second-order valence-electron chi connectivity index (χ2n) is 5.43. The van der Waals surface area contributed by atoms with E-state index in [9.17, 15) is 5.11 Å². The van der Waals surface area contributed by atoms with Gasteiger partial charge in [-0.2, -0.15) is 0 Å². The van der Waals surface area contributed by atoms with Crippen molar-refractivity contribution < 1.29 is 5.11 Å². The third kappa shape index (κ3) is 3.37. The summed E-state index contributed by atoms with van der Waals surface area (Å²) in [4.78, 5) is 3.59. The Bertz CT molecular complexity index is 632. The van der Waals surface area contributed by atoms with Gasteiger partial charge in [0, 0.05) is 23.2 Å². The first kappa shape index (κ1) is 14.8. The molecule has 1 unspecified atom stereocenters. The second-order valence-corrected chi connectivity index (χ2v) is 7.12. The Hall–Kier alpha value is -1.16. The molecule has 0 spiro atoms. The molecular weight excluding hydrogens is 302 g/mol. The Morgan fingerprint density at radius 2 is 2.00 bits per heavy atom. The van der Waals surface area contributed by atoms with E-state index in [4.69, 9.17) is 11.6 Å². The van der Waals surface area contributed by atoms with Gasteiger partial charge in [0.15, 0.2) is 0 Å². The van der Waals surface area contributed by atoms with Crippen molar-refractivity contribution >= 4 is 23.4 Å². The van der Waals surface area contributed by atoms with Gasteiger partial charge in [0.2, 0.25) is 0 Å².